The van der Waals surface area contributed by atoms with Gasteiger partial charge in [-0.25, -0.2) is 4.98 Å². The molecular formula is C17H18N4OS. The van der Waals surface area contributed by atoms with Gasteiger partial charge in [-0.3, -0.25) is 9.36 Å². The zero-order valence-corrected chi connectivity index (χ0v) is 14.1. The van der Waals surface area contributed by atoms with Gasteiger partial charge >= 0.3 is 0 Å². The molecule has 6 heteroatoms. The van der Waals surface area contributed by atoms with Gasteiger partial charge in [0.15, 0.2) is 10.9 Å². The highest BCUT2D eigenvalue weighted by molar-refractivity contribution is 7.99. The molecule has 0 fully saturated rings. The average Bonchev–Trinajstić information content (AvgIpc) is 2.92. The molecule has 0 atom stereocenters. The SMILES string of the molecule is C/C(N)=C(/C#N)C(=O)CSc1nccn1-c1cc(C)cc(C)c1. The van der Waals surface area contributed by atoms with Crippen LogP contribution in [0, 0.1) is 25.2 Å². The minimum atomic E-state index is -0.285. The molecule has 0 saturated heterocycles. The number of rotatable bonds is 5. The van der Waals surface area contributed by atoms with Crippen molar-refractivity contribution >= 4 is 17.5 Å². The molecule has 0 aliphatic carbocycles. The van der Waals surface area contributed by atoms with Crippen molar-refractivity contribution in [2.75, 3.05) is 5.75 Å². The quantitative estimate of drug-likeness (QED) is 0.519. The van der Waals surface area contributed by atoms with Crippen LogP contribution in [0.4, 0.5) is 0 Å². The van der Waals surface area contributed by atoms with Gasteiger partial charge in [0.25, 0.3) is 0 Å². The second-order valence-electron chi connectivity index (χ2n) is 5.31. The van der Waals surface area contributed by atoms with Gasteiger partial charge in [-0.15, -0.1) is 0 Å². The lowest BCUT2D eigenvalue weighted by molar-refractivity contribution is -0.112. The molecule has 0 unspecified atom stereocenters. The van der Waals surface area contributed by atoms with Crippen LogP contribution in [0.1, 0.15) is 18.1 Å². The van der Waals surface area contributed by atoms with Gasteiger partial charge in [-0.05, 0) is 44.0 Å². The Labute approximate surface area is 139 Å². The van der Waals surface area contributed by atoms with Crippen molar-refractivity contribution in [3.8, 4) is 11.8 Å². The Bertz CT molecular complexity index is 790. The Morgan fingerprint density at radius 1 is 1.35 bits per heavy atom. The third-order valence-electron chi connectivity index (χ3n) is 3.21. The van der Waals surface area contributed by atoms with Crippen LogP contribution in [0.25, 0.3) is 5.69 Å². The number of aromatic nitrogens is 2. The zero-order valence-electron chi connectivity index (χ0n) is 13.3. The van der Waals surface area contributed by atoms with Crippen molar-refractivity contribution < 1.29 is 4.79 Å². The number of carbonyl (C=O) groups excluding carboxylic acids is 1. The second-order valence-corrected chi connectivity index (χ2v) is 6.25. The molecule has 0 aliphatic heterocycles. The number of Topliss-reactive ketones (excluding diaryl/α,β-unsaturated/α-hetero) is 1. The molecule has 1 aromatic carbocycles. The largest absolute Gasteiger partial charge is 0.401 e. The summed E-state index contributed by atoms with van der Waals surface area (Å²) in [6, 6.07) is 8.08. The van der Waals surface area contributed by atoms with E-state index in [0.29, 0.717) is 5.16 Å². The van der Waals surface area contributed by atoms with E-state index in [9.17, 15) is 4.79 Å². The third-order valence-corrected chi connectivity index (χ3v) is 4.18. The number of allylic oxidation sites excluding steroid dienone is 2. The highest BCUT2D eigenvalue weighted by Gasteiger charge is 2.14. The van der Waals surface area contributed by atoms with Crippen LogP contribution in [-0.4, -0.2) is 21.1 Å². The van der Waals surface area contributed by atoms with E-state index in [1.54, 1.807) is 13.1 Å². The summed E-state index contributed by atoms with van der Waals surface area (Å²) in [5.41, 5.74) is 9.14. The number of nitriles is 1. The molecule has 2 aromatic rings. The fourth-order valence-electron chi connectivity index (χ4n) is 2.26. The number of benzene rings is 1. The van der Waals surface area contributed by atoms with Crippen LogP contribution in [0.15, 0.2) is 47.0 Å². The number of thioether (sulfide) groups is 1. The first-order valence-electron chi connectivity index (χ1n) is 7.07. The molecular weight excluding hydrogens is 308 g/mol. The molecule has 0 bridgehead atoms. The van der Waals surface area contributed by atoms with E-state index in [0.717, 1.165) is 16.8 Å². The van der Waals surface area contributed by atoms with Gasteiger partial charge in [0.1, 0.15) is 11.6 Å². The van der Waals surface area contributed by atoms with Crippen LogP contribution in [0.3, 0.4) is 0 Å². The number of nitrogens with zero attached hydrogens (tertiary/aromatic N) is 3. The van der Waals surface area contributed by atoms with Crippen molar-refractivity contribution in [3.05, 3.63) is 53.0 Å². The molecule has 2 N–H and O–H groups in total. The van der Waals surface area contributed by atoms with Gasteiger partial charge < -0.3 is 5.73 Å². The van der Waals surface area contributed by atoms with E-state index in [2.05, 4.69) is 23.2 Å². The summed E-state index contributed by atoms with van der Waals surface area (Å²) < 4.78 is 1.93. The zero-order chi connectivity index (χ0) is 17.0. The first-order valence-corrected chi connectivity index (χ1v) is 8.05. The highest BCUT2D eigenvalue weighted by Crippen LogP contribution is 2.23. The van der Waals surface area contributed by atoms with Crippen molar-refractivity contribution in [2.24, 2.45) is 5.73 Å². The minimum Gasteiger partial charge on any atom is -0.401 e. The van der Waals surface area contributed by atoms with Crippen molar-refractivity contribution in [3.63, 3.8) is 0 Å². The van der Waals surface area contributed by atoms with Gasteiger partial charge in [0.05, 0.1) is 5.75 Å². The standard InChI is InChI=1S/C17H18N4OS/c1-11-6-12(2)8-14(7-11)21-5-4-20-17(21)23-10-16(22)15(9-18)13(3)19/h4-8H,10,19H2,1-3H3/b15-13+. The van der Waals surface area contributed by atoms with E-state index in [1.807, 2.05) is 30.7 Å². The Morgan fingerprint density at radius 2 is 2.00 bits per heavy atom. The van der Waals surface area contributed by atoms with Crippen LogP contribution in [0.5, 0.6) is 0 Å². The summed E-state index contributed by atoms with van der Waals surface area (Å²) in [6.07, 6.45) is 3.55. The Kier molecular flexibility index (Phi) is 5.24. The molecule has 1 aromatic heterocycles. The predicted octanol–water partition coefficient (Wildman–Crippen LogP) is 2.91. The maximum Gasteiger partial charge on any atom is 0.185 e. The number of nitrogens with two attached hydrogens (primary N) is 1. The molecule has 1 heterocycles. The summed E-state index contributed by atoms with van der Waals surface area (Å²) in [4.78, 5) is 16.3. The van der Waals surface area contributed by atoms with E-state index in [4.69, 9.17) is 11.0 Å². The number of carbonyl (C=O) groups is 1. The summed E-state index contributed by atoms with van der Waals surface area (Å²) in [6.45, 7) is 5.63. The van der Waals surface area contributed by atoms with E-state index < -0.39 is 0 Å². The van der Waals surface area contributed by atoms with Gasteiger partial charge in [-0.2, -0.15) is 5.26 Å². The molecule has 118 valence electrons. The highest BCUT2D eigenvalue weighted by atomic mass is 32.2. The minimum absolute atomic E-state index is 0.0157. The lowest BCUT2D eigenvalue weighted by atomic mass is 10.1. The van der Waals surface area contributed by atoms with Gasteiger partial charge in [-0.1, -0.05) is 17.8 Å². The molecule has 0 radical (unpaired) electrons. The number of imidazole rings is 1. The van der Waals surface area contributed by atoms with Crippen LogP contribution in [0.2, 0.25) is 0 Å². The first-order chi connectivity index (χ1) is 10.9. The number of aryl methyl sites for hydroxylation is 2. The summed E-state index contributed by atoms with van der Waals surface area (Å²) in [5, 5.41) is 9.68. The number of ketones is 1. The molecule has 0 spiro atoms. The molecule has 5 nitrogen and oxygen atoms in total. The lowest BCUT2D eigenvalue weighted by Gasteiger charge is -2.09. The van der Waals surface area contributed by atoms with Gasteiger partial charge in [0, 0.05) is 23.8 Å². The third kappa shape index (κ3) is 4.02. The fraction of sp³-hybridized carbons (Fsp3) is 0.235. The second kappa shape index (κ2) is 7.16. The summed E-state index contributed by atoms with van der Waals surface area (Å²) in [5.74, 6) is -0.160. The molecule has 0 aliphatic rings. The maximum atomic E-state index is 12.0. The predicted molar refractivity (Wildman–Crippen MR) is 91.3 cm³/mol. The maximum absolute atomic E-state index is 12.0. The normalized spacial score (nSPS) is 11.7. The van der Waals surface area contributed by atoms with Crippen LogP contribution in [-0.2, 0) is 4.79 Å². The molecule has 0 saturated carbocycles. The van der Waals surface area contributed by atoms with Crippen molar-refractivity contribution in [2.45, 2.75) is 25.9 Å². The molecule has 23 heavy (non-hydrogen) atoms. The monoisotopic (exact) mass is 326 g/mol. The van der Waals surface area contributed by atoms with Crippen molar-refractivity contribution in [1.82, 2.24) is 9.55 Å². The fourth-order valence-corrected chi connectivity index (χ4v) is 3.10. The Hall–Kier alpha value is -2.52. The molecule has 2 rings (SSSR count). The Balaban J connectivity index is 2.21. The first kappa shape index (κ1) is 16.8. The van der Waals surface area contributed by atoms with Crippen LogP contribution < -0.4 is 5.73 Å². The number of hydrogen-bond acceptors (Lipinski definition) is 5. The van der Waals surface area contributed by atoms with Gasteiger partial charge in [0.2, 0.25) is 0 Å². The lowest BCUT2D eigenvalue weighted by Crippen LogP contribution is -2.10. The number of hydrogen-bond donors (Lipinski definition) is 1. The topological polar surface area (TPSA) is 84.7 Å². The molecule has 0 amide bonds. The summed E-state index contributed by atoms with van der Waals surface area (Å²) in [7, 11) is 0. The van der Waals surface area contributed by atoms with Crippen molar-refractivity contribution in [1.29, 1.82) is 5.26 Å². The van der Waals surface area contributed by atoms with Crippen LogP contribution >= 0.6 is 11.8 Å². The summed E-state index contributed by atoms with van der Waals surface area (Å²) >= 11 is 1.29. The van der Waals surface area contributed by atoms with E-state index in [1.165, 1.54) is 11.8 Å². The van der Waals surface area contributed by atoms with E-state index >= 15 is 0 Å². The Morgan fingerprint density at radius 3 is 2.57 bits per heavy atom. The van der Waals surface area contributed by atoms with E-state index in [-0.39, 0.29) is 22.8 Å². The smallest absolute Gasteiger partial charge is 0.185 e. The average molecular weight is 326 g/mol.